The van der Waals surface area contributed by atoms with E-state index in [-0.39, 0.29) is 12.2 Å². The summed E-state index contributed by atoms with van der Waals surface area (Å²) in [5.74, 6) is 3.15. The minimum atomic E-state index is 0.168. The lowest BCUT2D eigenvalue weighted by Gasteiger charge is -2.30. The number of hydrogen-bond acceptors (Lipinski definition) is 2. The average molecular weight is 659 g/mol. The van der Waals surface area contributed by atoms with E-state index in [0.29, 0.717) is 0 Å². The Morgan fingerprint density at radius 1 is 0.479 bits per heavy atom. The van der Waals surface area contributed by atoms with Gasteiger partial charge in [0.05, 0.1) is 12.2 Å². The third-order valence-electron chi connectivity index (χ3n) is 12.2. The standard InChI is InChI=1S/C46H74O2/c1-5-7-9-11-13-15-39-17-25-43(26-18-39)45-29-21-41(22-30-45)33-35-47-37(3)38(4)48-36-34-42-23-31-46(32-24-42)44-27-19-40(20-28-44)16-14-12-10-8-6-2/h17-20,25-28,37-38,41-42,45-46H,5-16,21-24,29-36H2,1-4H3. The molecule has 2 aliphatic rings. The summed E-state index contributed by atoms with van der Waals surface area (Å²) in [4.78, 5) is 0. The van der Waals surface area contributed by atoms with Crippen molar-refractivity contribution >= 4 is 0 Å². The highest BCUT2D eigenvalue weighted by atomic mass is 16.5. The lowest BCUT2D eigenvalue weighted by Crippen LogP contribution is -2.28. The number of benzene rings is 2. The van der Waals surface area contributed by atoms with Crippen LogP contribution in [0.4, 0.5) is 0 Å². The number of aryl methyl sites for hydroxylation is 2. The Morgan fingerprint density at radius 3 is 1.19 bits per heavy atom. The van der Waals surface area contributed by atoms with Crippen LogP contribution in [0.25, 0.3) is 0 Å². The fraction of sp³-hybridized carbons (Fsp3) is 0.739. The molecular formula is C46H74O2. The van der Waals surface area contributed by atoms with Gasteiger partial charge in [0.15, 0.2) is 0 Å². The summed E-state index contributed by atoms with van der Waals surface area (Å²) in [6.45, 7) is 10.8. The topological polar surface area (TPSA) is 18.5 Å². The van der Waals surface area contributed by atoms with Gasteiger partial charge in [-0.15, -0.1) is 0 Å². The van der Waals surface area contributed by atoms with Gasteiger partial charge in [-0.25, -0.2) is 0 Å². The van der Waals surface area contributed by atoms with Gasteiger partial charge in [0.1, 0.15) is 0 Å². The van der Waals surface area contributed by atoms with Crippen LogP contribution < -0.4 is 0 Å². The van der Waals surface area contributed by atoms with Crippen LogP contribution in [0.2, 0.25) is 0 Å². The number of hydrogen-bond donors (Lipinski definition) is 0. The number of ether oxygens (including phenoxy) is 2. The number of rotatable bonds is 23. The van der Waals surface area contributed by atoms with Crippen LogP contribution in [-0.4, -0.2) is 25.4 Å². The second-order valence-electron chi connectivity index (χ2n) is 16.0. The zero-order valence-corrected chi connectivity index (χ0v) is 31.9. The smallest absolute Gasteiger partial charge is 0.0805 e. The van der Waals surface area contributed by atoms with Crippen molar-refractivity contribution in [3.63, 3.8) is 0 Å². The molecule has 48 heavy (non-hydrogen) atoms. The quantitative estimate of drug-likeness (QED) is 0.111. The first-order chi connectivity index (χ1) is 23.6. The van der Waals surface area contributed by atoms with E-state index in [2.05, 4.69) is 76.2 Å². The van der Waals surface area contributed by atoms with Gasteiger partial charge in [-0.05, 0) is 150 Å². The van der Waals surface area contributed by atoms with E-state index in [0.717, 1.165) is 36.9 Å². The van der Waals surface area contributed by atoms with Crippen molar-refractivity contribution in [2.75, 3.05) is 13.2 Å². The first-order valence-electron chi connectivity index (χ1n) is 21.0. The van der Waals surface area contributed by atoms with Crippen LogP contribution in [0.5, 0.6) is 0 Å². The molecule has 2 heteroatoms. The summed E-state index contributed by atoms with van der Waals surface area (Å²) < 4.78 is 12.6. The van der Waals surface area contributed by atoms with Crippen molar-refractivity contribution in [2.45, 2.75) is 193 Å². The predicted octanol–water partition coefficient (Wildman–Crippen LogP) is 13.6. The third-order valence-corrected chi connectivity index (χ3v) is 12.2. The lowest BCUT2D eigenvalue weighted by atomic mass is 9.77. The van der Waals surface area contributed by atoms with Gasteiger partial charge in [0.2, 0.25) is 0 Å². The molecule has 2 aromatic rings. The predicted molar refractivity (Wildman–Crippen MR) is 207 cm³/mol. The summed E-state index contributed by atoms with van der Waals surface area (Å²) in [6.07, 6.45) is 29.6. The molecule has 2 aliphatic carbocycles. The first kappa shape index (κ1) is 39.2. The van der Waals surface area contributed by atoms with Gasteiger partial charge in [0, 0.05) is 13.2 Å². The van der Waals surface area contributed by atoms with Crippen molar-refractivity contribution in [3.8, 4) is 0 Å². The summed E-state index contributed by atoms with van der Waals surface area (Å²) >= 11 is 0. The second kappa shape index (κ2) is 23.0. The average Bonchev–Trinajstić information content (AvgIpc) is 3.12. The lowest BCUT2D eigenvalue weighted by molar-refractivity contribution is -0.0628. The monoisotopic (exact) mass is 659 g/mol. The summed E-state index contributed by atoms with van der Waals surface area (Å²) in [5.41, 5.74) is 6.19. The highest BCUT2D eigenvalue weighted by molar-refractivity contribution is 5.27. The van der Waals surface area contributed by atoms with E-state index in [9.17, 15) is 0 Å². The zero-order chi connectivity index (χ0) is 33.8. The van der Waals surface area contributed by atoms with Crippen LogP contribution in [0.15, 0.2) is 48.5 Å². The Labute approximate surface area is 297 Å². The molecular weight excluding hydrogens is 585 g/mol. The largest absolute Gasteiger partial charge is 0.376 e. The van der Waals surface area contributed by atoms with Crippen LogP contribution in [0.1, 0.15) is 190 Å². The highest BCUT2D eigenvalue weighted by Gasteiger charge is 2.24. The van der Waals surface area contributed by atoms with Gasteiger partial charge >= 0.3 is 0 Å². The van der Waals surface area contributed by atoms with Crippen molar-refractivity contribution in [2.24, 2.45) is 11.8 Å². The fourth-order valence-electron chi connectivity index (χ4n) is 8.46. The maximum atomic E-state index is 6.31. The van der Waals surface area contributed by atoms with E-state index in [4.69, 9.17) is 9.47 Å². The second-order valence-corrected chi connectivity index (χ2v) is 16.0. The number of unbranched alkanes of at least 4 members (excludes halogenated alkanes) is 8. The van der Waals surface area contributed by atoms with Crippen LogP contribution in [0.3, 0.4) is 0 Å². The van der Waals surface area contributed by atoms with E-state index >= 15 is 0 Å². The molecule has 2 atom stereocenters. The molecule has 0 heterocycles. The normalized spacial score (nSPS) is 22.8. The SMILES string of the molecule is CCCCCCCc1ccc(C2CCC(CCOC(C)C(C)OCCC3CCC(c4ccc(CCCCCCC)cc4)CC3)CC2)cc1. The Hall–Kier alpha value is -1.64. The molecule has 270 valence electrons. The van der Waals surface area contributed by atoms with Crippen LogP contribution in [0, 0.1) is 11.8 Å². The molecule has 2 saturated carbocycles. The van der Waals surface area contributed by atoms with Crippen molar-refractivity contribution < 1.29 is 9.47 Å². The molecule has 2 nitrogen and oxygen atoms in total. The Bertz CT molecular complexity index is 971. The summed E-state index contributed by atoms with van der Waals surface area (Å²) in [5, 5.41) is 0. The first-order valence-corrected chi connectivity index (χ1v) is 21.0. The zero-order valence-electron chi connectivity index (χ0n) is 31.9. The van der Waals surface area contributed by atoms with Crippen molar-refractivity contribution in [1.29, 1.82) is 0 Å². The van der Waals surface area contributed by atoms with Crippen molar-refractivity contribution in [3.05, 3.63) is 70.8 Å². The van der Waals surface area contributed by atoms with E-state index in [1.807, 2.05) is 0 Å². The van der Waals surface area contributed by atoms with E-state index < -0.39 is 0 Å². The molecule has 2 fully saturated rings. The van der Waals surface area contributed by atoms with Gasteiger partial charge in [0.25, 0.3) is 0 Å². The highest BCUT2D eigenvalue weighted by Crippen LogP contribution is 2.38. The van der Waals surface area contributed by atoms with E-state index in [1.165, 1.54) is 152 Å². The molecule has 0 spiro atoms. The van der Waals surface area contributed by atoms with Crippen LogP contribution in [-0.2, 0) is 22.3 Å². The summed E-state index contributed by atoms with van der Waals surface area (Å²) in [7, 11) is 0. The molecule has 4 rings (SSSR count). The molecule has 0 aromatic heterocycles. The molecule has 0 radical (unpaired) electrons. The summed E-state index contributed by atoms with van der Waals surface area (Å²) in [6, 6.07) is 19.3. The van der Waals surface area contributed by atoms with Gasteiger partial charge in [-0.3, -0.25) is 0 Å². The molecule has 0 amide bonds. The van der Waals surface area contributed by atoms with Gasteiger partial charge < -0.3 is 9.47 Å². The van der Waals surface area contributed by atoms with Crippen molar-refractivity contribution in [1.82, 2.24) is 0 Å². The minimum Gasteiger partial charge on any atom is -0.376 e. The fourth-order valence-corrected chi connectivity index (χ4v) is 8.46. The Kier molecular flexibility index (Phi) is 18.7. The minimum absolute atomic E-state index is 0.168. The van der Waals surface area contributed by atoms with Gasteiger partial charge in [-0.2, -0.15) is 0 Å². The maximum Gasteiger partial charge on any atom is 0.0805 e. The molecule has 0 aliphatic heterocycles. The third kappa shape index (κ3) is 14.3. The maximum absolute atomic E-state index is 6.31. The van der Waals surface area contributed by atoms with E-state index in [1.54, 1.807) is 11.1 Å². The van der Waals surface area contributed by atoms with Crippen LogP contribution >= 0.6 is 0 Å². The molecule has 0 N–H and O–H groups in total. The molecule has 0 saturated heterocycles. The molecule has 2 aromatic carbocycles. The molecule has 0 bridgehead atoms. The Morgan fingerprint density at radius 2 is 0.833 bits per heavy atom. The molecule has 2 unspecified atom stereocenters. The van der Waals surface area contributed by atoms with Gasteiger partial charge in [-0.1, -0.05) is 114 Å². The Balaban J connectivity index is 1.01.